The zero-order chi connectivity index (χ0) is 43.7. The van der Waals surface area contributed by atoms with E-state index in [9.17, 15) is 14.4 Å². The van der Waals surface area contributed by atoms with Crippen LogP contribution in [0.25, 0.3) is 0 Å². The minimum Gasteiger partial charge on any atom is -0.462 e. The molecule has 6 nitrogen and oxygen atoms in total. The molecule has 0 amide bonds. The summed E-state index contributed by atoms with van der Waals surface area (Å²) in [6, 6.07) is 0. The monoisotopic (exact) mass is 839 g/mol. The fraction of sp³-hybridized carbons (Fsp3) is 0.759. The topological polar surface area (TPSA) is 78.9 Å². The fourth-order valence-electron chi connectivity index (χ4n) is 6.85. The summed E-state index contributed by atoms with van der Waals surface area (Å²) in [4.78, 5) is 37.9. The summed E-state index contributed by atoms with van der Waals surface area (Å²) in [7, 11) is 0. The third-order valence-corrected chi connectivity index (χ3v) is 10.7. The van der Waals surface area contributed by atoms with Crippen LogP contribution in [0.15, 0.2) is 60.8 Å². The quantitative estimate of drug-likeness (QED) is 0.0200. The van der Waals surface area contributed by atoms with E-state index in [4.69, 9.17) is 14.2 Å². The van der Waals surface area contributed by atoms with Gasteiger partial charge in [0.2, 0.25) is 0 Å². The van der Waals surface area contributed by atoms with Crippen LogP contribution in [0.5, 0.6) is 0 Å². The Balaban J connectivity index is 4.41. The molecule has 0 saturated heterocycles. The molecule has 0 aromatic rings. The molecule has 0 spiro atoms. The number of hydrogen-bond donors (Lipinski definition) is 0. The van der Waals surface area contributed by atoms with E-state index in [0.29, 0.717) is 19.3 Å². The molecule has 1 atom stereocenters. The highest BCUT2D eigenvalue weighted by molar-refractivity contribution is 5.71. The first kappa shape index (κ1) is 57.1. The maximum atomic E-state index is 12.8. The Morgan fingerprint density at radius 2 is 0.667 bits per heavy atom. The molecule has 6 heteroatoms. The van der Waals surface area contributed by atoms with Crippen molar-refractivity contribution in [3.8, 4) is 0 Å². The number of esters is 3. The normalized spacial score (nSPS) is 12.5. The van der Waals surface area contributed by atoms with Gasteiger partial charge in [-0.15, -0.1) is 0 Å². The first-order valence-electron chi connectivity index (χ1n) is 25.3. The Labute approximate surface area is 370 Å². The molecule has 0 N–H and O–H groups in total. The van der Waals surface area contributed by atoms with E-state index in [2.05, 4.69) is 81.5 Å². The van der Waals surface area contributed by atoms with Crippen LogP contribution >= 0.6 is 0 Å². The van der Waals surface area contributed by atoms with Crippen LogP contribution in [0.2, 0.25) is 0 Å². The van der Waals surface area contributed by atoms with E-state index in [1.807, 2.05) is 0 Å². The molecule has 0 heterocycles. The lowest BCUT2D eigenvalue weighted by Gasteiger charge is -2.18. The van der Waals surface area contributed by atoms with Gasteiger partial charge in [0, 0.05) is 19.3 Å². The van der Waals surface area contributed by atoms with E-state index >= 15 is 0 Å². The molecular weight excluding hydrogens is 745 g/mol. The van der Waals surface area contributed by atoms with E-state index in [-0.39, 0.29) is 31.1 Å². The van der Waals surface area contributed by atoms with Crippen LogP contribution in [-0.4, -0.2) is 37.2 Å². The van der Waals surface area contributed by atoms with Crippen molar-refractivity contribution < 1.29 is 28.6 Å². The van der Waals surface area contributed by atoms with E-state index in [1.54, 1.807) is 0 Å². The highest BCUT2D eigenvalue weighted by Crippen LogP contribution is 2.13. The number of carbonyl (C=O) groups excluding carboxylic acids is 3. The van der Waals surface area contributed by atoms with Gasteiger partial charge in [0.15, 0.2) is 6.10 Å². The van der Waals surface area contributed by atoms with Gasteiger partial charge in [-0.2, -0.15) is 0 Å². The van der Waals surface area contributed by atoms with Gasteiger partial charge in [-0.3, -0.25) is 14.4 Å². The number of carbonyl (C=O) groups is 3. The van der Waals surface area contributed by atoms with Gasteiger partial charge in [-0.05, 0) is 96.3 Å². The van der Waals surface area contributed by atoms with Crippen molar-refractivity contribution in [3.05, 3.63) is 60.8 Å². The third-order valence-electron chi connectivity index (χ3n) is 10.7. The Kier molecular flexibility index (Phi) is 46.4. The van der Waals surface area contributed by atoms with Crippen molar-refractivity contribution in [2.75, 3.05) is 13.2 Å². The van der Waals surface area contributed by atoms with Crippen LogP contribution in [0.3, 0.4) is 0 Å². The molecule has 0 saturated carbocycles. The standard InChI is InChI=1S/C54H94O6/c1-4-7-10-13-16-19-22-24-26-27-28-30-32-35-38-41-44-47-53(56)59-50-51(49-58-52(55)46-43-40-37-34-31-21-18-15-12-9-6-3)60-54(57)48-45-42-39-36-33-29-25-23-20-17-14-11-8-5-2/h15-16,18-19,21,24,26,29,31,33,51H,4-14,17,20,22-23,25,27-28,30,32,34-50H2,1-3H3/b18-15-,19-16-,26-24-,31-21-,33-29-. The predicted molar refractivity (Wildman–Crippen MR) is 256 cm³/mol. The SMILES string of the molecule is CCCC/C=C\C=C/CCCCCC(=O)OCC(COC(=O)CCCCCCCCC/C=C\C/C=C\CCCCC)OC(=O)CCCCC/C=C\CCCCCCCCC. The minimum absolute atomic E-state index is 0.0930. The molecule has 0 aliphatic carbocycles. The summed E-state index contributed by atoms with van der Waals surface area (Å²) < 4.78 is 16.7. The minimum atomic E-state index is -0.794. The summed E-state index contributed by atoms with van der Waals surface area (Å²) in [5.74, 6) is -0.944. The van der Waals surface area contributed by atoms with Crippen LogP contribution in [0.4, 0.5) is 0 Å². The molecule has 1 unspecified atom stereocenters. The largest absolute Gasteiger partial charge is 0.462 e. The van der Waals surface area contributed by atoms with E-state index in [0.717, 1.165) is 96.3 Å². The lowest BCUT2D eigenvalue weighted by Crippen LogP contribution is -2.30. The molecule has 0 bridgehead atoms. The zero-order valence-electron chi connectivity index (χ0n) is 39.5. The molecule has 0 radical (unpaired) electrons. The second-order valence-electron chi connectivity index (χ2n) is 16.7. The molecule has 0 aromatic heterocycles. The lowest BCUT2D eigenvalue weighted by atomic mass is 10.1. The first-order valence-corrected chi connectivity index (χ1v) is 25.3. The number of unbranched alkanes of at least 4 members (excludes halogenated alkanes) is 25. The van der Waals surface area contributed by atoms with Crippen LogP contribution in [0.1, 0.15) is 245 Å². The average Bonchev–Trinajstić information content (AvgIpc) is 3.24. The van der Waals surface area contributed by atoms with Crippen molar-refractivity contribution in [1.82, 2.24) is 0 Å². The van der Waals surface area contributed by atoms with Crippen molar-refractivity contribution in [2.24, 2.45) is 0 Å². The van der Waals surface area contributed by atoms with Crippen LogP contribution in [-0.2, 0) is 28.6 Å². The number of ether oxygens (including phenoxy) is 3. The van der Waals surface area contributed by atoms with Gasteiger partial charge >= 0.3 is 17.9 Å². The van der Waals surface area contributed by atoms with Gasteiger partial charge in [-0.1, -0.05) is 191 Å². The Bertz CT molecular complexity index is 1100. The van der Waals surface area contributed by atoms with Crippen LogP contribution in [0, 0.1) is 0 Å². The lowest BCUT2D eigenvalue weighted by molar-refractivity contribution is -0.167. The molecule has 0 aliphatic heterocycles. The Morgan fingerprint density at radius 1 is 0.350 bits per heavy atom. The van der Waals surface area contributed by atoms with Crippen molar-refractivity contribution in [1.29, 1.82) is 0 Å². The first-order chi connectivity index (χ1) is 29.5. The maximum Gasteiger partial charge on any atom is 0.306 e. The third kappa shape index (κ3) is 46.2. The second kappa shape index (κ2) is 48.8. The number of allylic oxidation sites excluding steroid dienone is 10. The van der Waals surface area contributed by atoms with Gasteiger partial charge in [-0.25, -0.2) is 0 Å². The predicted octanol–water partition coefficient (Wildman–Crippen LogP) is 16.5. The van der Waals surface area contributed by atoms with Gasteiger partial charge < -0.3 is 14.2 Å². The summed E-state index contributed by atoms with van der Waals surface area (Å²) in [5, 5.41) is 0. The summed E-state index contributed by atoms with van der Waals surface area (Å²) >= 11 is 0. The molecule has 0 aliphatic rings. The molecule has 346 valence electrons. The maximum absolute atomic E-state index is 12.8. The highest BCUT2D eigenvalue weighted by atomic mass is 16.6. The smallest absolute Gasteiger partial charge is 0.306 e. The van der Waals surface area contributed by atoms with Crippen LogP contribution < -0.4 is 0 Å². The number of rotatable bonds is 45. The fourth-order valence-corrected chi connectivity index (χ4v) is 6.85. The summed E-state index contributed by atoms with van der Waals surface area (Å²) in [6.45, 7) is 6.51. The summed E-state index contributed by atoms with van der Waals surface area (Å²) in [5.41, 5.74) is 0. The average molecular weight is 839 g/mol. The zero-order valence-corrected chi connectivity index (χ0v) is 39.5. The molecule has 0 rings (SSSR count). The van der Waals surface area contributed by atoms with E-state index < -0.39 is 6.10 Å². The Hall–Kier alpha value is -2.89. The van der Waals surface area contributed by atoms with Gasteiger partial charge in [0.25, 0.3) is 0 Å². The molecule has 0 fully saturated rings. The molecular formula is C54H94O6. The summed E-state index contributed by atoms with van der Waals surface area (Å²) in [6.07, 6.45) is 59.2. The highest BCUT2D eigenvalue weighted by Gasteiger charge is 2.19. The van der Waals surface area contributed by atoms with Crippen molar-refractivity contribution in [3.63, 3.8) is 0 Å². The molecule has 0 aromatic carbocycles. The Morgan fingerprint density at radius 3 is 1.13 bits per heavy atom. The number of hydrogen-bond acceptors (Lipinski definition) is 6. The molecule has 60 heavy (non-hydrogen) atoms. The van der Waals surface area contributed by atoms with Crippen molar-refractivity contribution >= 4 is 17.9 Å². The second-order valence-corrected chi connectivity index (χ2v) is 16.7. The van der Waals surface area contributed by atoms with Crippen molar-refractivity contribution in [2.45, 2.75) is 252 Å². The van der Waals surface area contributed by atoms with Gasteiger partial charge in [0.1, 0.15) is 13.2 Å². The van der Waals surface area contributed by atoms with E-state index in [1.165, 1.54) is 109 Å². The van der Waals surface area contributed by atoms with Gasteiger partial charge in [0.05, 0.1) is 0 Å².